The molecular formula is C20H29F. The van der Waals surface area contributed by atoms with E-state index in [4.69, 9.17) is 0 Å². The molecule has 1 aliphatic carbocycles. The predicted octanol–water partition coefficient (Wildman–Crippen LogP) is 6.56. The maximum absolute atomic E-state index is 14.3. The fourth-order valence-electron chi connectivity index (χ4n) is 3.47. The van der Waals surface area contributed by atoms with Crippen molar-refractivity contribution >= 4 is 5.83 Å². The molecule has 0 aliphatic heterocycles. The van der Waals surface area contributed by atoms with Gasteiger partial charge < -0.3 is 0 Å². The number of allylic oxidation sites excluding steroid dienone is 1. The fraction of sp³-hybridized carbons (Fsp3) is 0.600. The van der Waals surface area contributed by atoms with Gasteiger partial charge in [0.1, 0.15) is 5.83 Å². The molecule has 0 radical (unpaired) electrons. The molecule has 21 heavy (non-hydrogen) atoms. The van der Waals surface area contributed by atoms with Crippen LogP contribution < -0.4 is 0 Å². The van der Waals surface area contributed by atoms with Crippen molar-refractivity contribution in [2.75, 3.05) is 0 Å². The molecule has 1 fully saturated rings. The van der Waals surface area contributed by atoms with Crippen LogP contribution in [0.1, 0.15) is 69.9 Å². The molecule has 1 aliphatic rings. The van der Waals surface area contributed by atoms with Crippen molar-refractivity contribution in [3.05, 3.63) is 41.5 Å². The number of hydrogen-bond donors (Lipinski definition) is 0. The van der Waals surface area contributed by atoms with Gasteiger partial charge in [0.15, 0.2) is 0 Å². The highest BCUT2D eigenvalue weighted by Crippen LogP contribution is 2.34. The Labute approximate surface area is 129 Å². The minimum atomic E-state index is -0.0306. The van der Waals surface area contributed by atoms with Gasteiger partial charge in [-0.1, -0.05) is 57.4 Å². The van der Waals surface area contributed by atoms with Crippen molar-refractivity contribution in [2.45, 2.75) is 65.2 Å². The van der Waals surface area contributed by atoms with Gasteiger partial charge in [0.2, 0.25) is 0 Å². The van der Waals surface area contributed by atoms with E-state index in [-0.39, 0.29) is 5.83 Å². The molecule has 0 N–H and O–H groups in total. The van der Waals surface area contributed by atoms with Crippen molar-refractivity contribution in [1.82, 2.24) is 0 Å². The molecular weight excluding hydrogens is 259 g/mol. The van der Waals surface area contributed by atoms with E-state index in [1.807, 2.05) is 18.2 Å². The average molecular weight is 288 g/mol. The van der Waals surface area contributed by atoms with Crippen molar-refractivity contribution in [2.24, 2.45) is 11.8 Å². The second-order valence-electron chi connectivity index (χ2n) is 6.53. The lowest BCUT2D eigenvalue weighted by atomic mass is 9.80. The molecule has 0 amide bonds. The smallest absolute Gasteiger partial charge is 0.126 e. The number of rotatable bonds is 6. The van der Waals surface area contributed by atoms with Crippen LogP contribution in [0, 0.1) is 11.8 Å². The Bertz CT molecular complexity index is 435. The SMILES string of the molecule is CCCc1ccc(/C(F)=C\C2CCC(CCC)CC2)cc1. The maximum atomic E-state index is 14.3. The first-order valence-electron chi connectivity index (χ1n) is 8.69. The zero-order chi connectivity index (χ0) is 15.1. The molecule has 2 rings (SSSR count). The molecule has 0 bridgehead atoms. The number of halogens is 1. The number of hydrogen-bond acceptors (Lipinski definition) is 0. The summed E-state index contributed by atoms with van der Waals surface area (Å²) in [6, 6.07) is 7.98. The second-order valence-corrected chi connectivity index (χ2v) is 6.53. The molecule has 0 atom stereocenters. The van der Waals surface area contributed by atoms with Gasteiger partial charge in [-0.2, -0.15) is 0 Å². The Morgan fingerprint density at radius 1 is 1.05 bits per heavy atom. The lowest BCUT2D eigenvalue weighted by molar-refractivity contribution is 0.294. The Balaban J connectivity index is 1.91. The highest BCUT2D eigenvalue weighted by molar-refractivity contribution is 5.59. The molecule has 1 aromatic rings. The van der Waals surface area contributed by atoms with Crippen molar-refractivity contribution in [3.63, 3.8) is 0 Å². The van der Waals surface area contributed by atoms with Crippen LogP contribution in [0.15, 0.2) is 30.3 Å². The maximum Gasteiger partial charge on any atom is 0.126 e. The molecule has 0 aromatic heterocycles. The summed E-state index contributed by atoms with van der Waals surface area (Å²) in [7, 11) is 0. The van der Waals surface area contributed by atoms with Gasteiger partial charge in [-0.25, -0.2) is 4.39 Å². The molecule has 0 spiro atoms. The number of aryl methyl sites for hydroxylation is 1. The van der Waals surface area contributed by atoms with Crippen molar-refractivity contribution in [1.29, 1.82) is 0 Å². The molecule has 1 aromatic carbocycles. The molecule has 1 heteroatoms. The molecule has 116 valence electrons. The largest absolute Gasteiger partial charge is 0.207 e. The zero-order valence-electron chi connectivity index (χ0n) is 13.6. The summed E-state index contributed by atoms with van der Waals surface area (Å²) >= 11 is 0. The first-order valence-corrected chi connectivity index (χ1v) is 8.69. The molecule has 1 saturated carbocycles. The van der Waals surface area contributed by atoms with Crippen LogP contribution in [-0.4, -0.2) is 0 Å². The van der Waals surface area contributed by atoms with Gasteiger partial charge in [-0.15, -0.1) is 0 Å². The van der Waals surface area contributed by atoms with E-state index in [1.54, 1.807) is 0 Å². The third kappa shape index (κ3) is 4.98. The molecule has 0 nitrogen and oxygen atoms in total. The summed E-state index contributed by atoms with van der Waals surface area (Å²) in [6.45, 7) is 4.43. The van der Waals surface area contributed by atoms with E-state index in [1.165, 1.54) is 31.2 Å². The van der Waals surface area contributed by atoms with Crippen LogP contribution in [0.5, 0.6) is 0 Å². The van der Waals surface area contributed by atoms with Gasteiger partial charge in [0, 0.05) is 5.56 Å². The van der Waals surface area contributed by atoms with E-state index in [9.17, 15) is 4.39 Å². The van der Waals surface area contributed by atoms with E-state index >= 15 is 0 Å². The van der Waals surface area contributed by atoms with E-state index in [0.717, 1.165) is 37.2 Å². The highest BCUT2D eigenvalue weighted by atomic mass is 19.1. The Kier molecular flexibility index (Phi) is 6.48. The highest BCUT2D eigenvalue weighted by Gasteiger charge is 2.19. The van der Waals surface area contributed by atoms with Crippen LogP contribution in [0.4, 0.5) is 4.39 Å². The first kappa shape index (κ1) is 16.3. The molecule has 0 heterocycles. The topological polar surface area (TPSA) is 0 Å². The predicted molar refractivity (Wildman–Crippen MR) is 89.9 cm³/mol. The van der Waals surface area contributed by atoms with Gasteiger partial charge in [-0.05, 0) is 55.6 Å². The lowest BCUT2D eigenvalue weighted by Gasteiger charge is -2.26. The van der Waals surface area contributed by atoms with E-state index in [0.29, 0.717) is 5.92 Å². The summed E-state index contributed by atoms with van der Waals surface area (Å²) < 4.78 is 14.3. The lowest BCUT2D eigenvalue weighted by Crippen LogP contribution is -2.13. The summed E-state index contributed by atoms with van der Waals surface area (Å²) in [5.74, 6) is 1.29. The third-order valence-electron chi connectivity index (χ3n) is 4.74. The summed E-state index contributed by atoms with van der Waals surface area (Å²) in [6.07, 6.45) is 11.6. The minimum Gasteiger partial charge on any atom is -0.207 e. The van der Waals surface area contributed by atoms with E-state index < -0.39 is 0 Å². The van der Waals surface area contributed by atoms with Gasteiger partial charge in [0.25, 0.3) is 0 Å². The molecule has 0 saturated heterocycles. The third-order valence-corrected chi connectivity index (χ3v) is 4.74. The van der Waals surface area contributed by atoms with Crippen LogP contribution in [0.25, 0.3) is 5.83 Å². The second kappa shape index (κ2) is 8.36. The van der Waals surface area contributed by atoms with Crippen molar-refractivity contribution < 1.29 is 4.39 Å². The normalized spacial score (nSPS) is 23.3. The first-order chi connectivity index (χ1) is 10.2. The van der Waals surface area contributed by atoms with Gasteiger partial charge >= 0.3 is 0 Å². The Hall–Kier alpha value is -1.11. The zero-order valence-corrected chi connectivity index (χ0v) is 13.6. The van der Waals surface area contributed by atoms with Gasteiger partial charge in [-0.3, -0.25) is 0 Å². The Morgan fingerprint density at radius 2 is 1.71 bits per heavy atom. The molecule has 0 unspecified atom stereocenters. The number of benzene rings is 1. The Morgan fingerprint density at radius 3 is 2.29 bits per heavy atom. The fourth-order valence-corrected chi connectivity index (χ4v) is 3.47. The summed E-state index contributed by atoms with van der Waals surface area (Å²) in [5.41, 5.74) is 2.04. The summed E-state index contributed by atoms with van der Waals surface area (Å²) in [5, 5.41) is 0. The van der Waals surface area contributed by atoms with E-state index in [2.05, 4.69) is 26.0 Å². The van der Waals surface area contributed by atoms with Crippen molar-refractivity contribution in [3.8, 4) is 0 Å². The average Bonchev–Trinajstić information content (AvgIpc) is 2.50. The van der Waals surface area contributed by atoms with Crippen LogP contribution in [-0.2, 0) is 6.42 Å². The summed E-state index contributed by atoms with van der Waals surface area (Å²) in [4.78, 5) is 0. The van der Waals surface area contributed by atoms with Crippen LogP contribution in [0.3, 0.4) is 0 Å². The quantitative estimate of drug-likeness (QED) is 0.556. The monoisotopic (exact) mass is 288 g/mol. The minimum absolute atomic E-state index is 0.0306. The van der Waals surface area contributed by atoms with Gasteiger partial charge in [0.05, 0.1) is 0 Å². The van der Waals surface area contributed by atoms with Crippen LogP contribution in [0.2, 0.25) is 0 Å². The standard InChI is InChI=1S/C20H29F/c1-3-5-16-7-9-18(10-8-16)15-20(21)19-13-11-17(6-4-2)12-14-19/h11-16,18H,3-10H2,1-2H3/b20-15+. The van der Waals surface area contributed by atoms with Crippen LogP contribution >= 0.6 is 0 Å².